The molecular formula is C19H24N2O4. The summed E-state index contributed by atoms with van der Waals surface area (Å²) in [6.45, 7) is 3.75. The molecule has 1 aliphatic carbocycles. The van der Waals surface area contributed by atoms with Crippen LogP contribution >= 0.6 is 0 Å². The van der Waals surface area contributed by atoms with Crippen LogP contribution in [-0.4, -0.2) is 39.3 Å². The van der Waals surface area contributed by atoms with Gasteiger partial charge in [-0.2, -0.15) is 0 Å². The average Bonchev–Trinajstić information content (AvgIpc) is 3.06. The molecule has 0 amide bonds. The van der Waals surface area contributed by atoms with Crippen molar-refractivity contribution in [2.45, 2.75) is 57.0 Å². The highest BCUT2D eigenvalue weighted by atomic mass is 16.7. The Morgan fingerprint density at radius 3 is 2.64 bits per heavy atom. The number of hydrogen-bond donors (Lipinski definition) is 1. The molecule has 6 heteroatoms. The lowest BCUT2D eigenvalue weighted by atomic mass is 9.79. The summed E-state index contributed by atoms with van der Waals surface area (Å²) < 4.78 is 13.2. The standard InChI is InChI=1S/C19H24N2O4/c1-14-2-3-15-16(12-14)21(17(22)13-20-15)9-8-18(23)4-6-19(7-5-18)24-10-11-25-19/h2-3,12-13,23H,4-11H2,1H3. The first kappa shape index (κ1) is 16.7. The van der Waals surface area contributed by atoms with E-state index in [-0.39, 0.29) is 5.56 Å². The molecule has 0 atom stereocenters. The first-order valence-corrected chi connectivity index (χ1v) is 8.95. The predicted molar refractivity (Wildman–Crippen MR) is 93.4 cm³/mol. The number of ether oxygens (including phenoxy) is 2. The van der Waals surface area contributed by atoms with Gasteiger partial charge in [-0.15, -0.1) is 0 Å². The Kier molecular flexibility index (Phi) is 4.14. The first-order chi connectivity index (χ1) is 12.0. The maximum Gasteiger partial charge on any atom is 0.269 e. The average molecular weight is 344 g/mol. The van der Waals surface area contributed by atoms with Crippen molar-refractivity contribution in [1.82, 2.24) is 9.55 Å². The van der Waals surface area contributed by atoms with Crippen molar-refractivity contribution in [3.8, 4) is 0 Å². The molecule has 1 aromatic heterocycles. The molecule has 2 aliphatic rings. The van der Waals surface area contributed by atoms with Crippen molar-refractivity contribution < 1.29 is 14.6 Å². The fourth-order valence-corrected chi connectivity index (χ4v) is 3.95. The van der Waals surface area contributed by atoms with Crippen molar-refractivity contribution in [2.24, 2.45) is 0 Å². The molecule has 0 bridgehead atoms. The van der Waals surface area contributed by atoms with Crippen molar-refractivity contribution in [3.05, 3.63) is 40.3 Å². The number of aliphatic hydroxyl groups is 1. The highest BCUT2D eigenvalue weighted by Gasteiger charge is 2.45. The Balaban J connectivity index is 1.51. The highest BCUT2D eigenvalue weighted by molar-refractivity contribution is 5.75. The van der Waals surface area contributed by atoms with Crippen molar-refractivity contribution in [3.63, 3.8) is 0 Å². The molecule has 2 aromatic rings. The van der Waals surface area contributed by atoms with Crippen LogP contribution < -0.4 is 5.56 Å². The van der Waals surface area contributed by atoms with Gasteiger partial charge in [0.15, 0.2) is 5.79 Å². The number of hydrogen-bond acceptors (Lipinski definition) is 5. The molecule has 2 fully saturated rings. The SMILES string of the molecule is Cc1ccc2ncc(=O)n(CCC3(O)CCC4(CC3)OCCO4)c2c1. The summed E-state index contributed by atoms with van der Waals surface area (Å²) in [6.07, 6.45) is 4.56. The zero-order valence-corrected chi connectivity index (χ0v) is 14.5. The molecule has 0 unspecified atom stereocenters. The maximum atomic E-state index is 12.3. The Morgan fingerprint density at radius 2 is 1.92 bits per heavy atom. The molecule has 4 rings (SSSR count). The second kappa shape index (κ2) is 6.20. The fraction of sp³-hybridized carbons (Fsp3) is 0.579. The first-order valence-electron chi connectivity index (χ1n) is 8.95. The lowest BCUT2D eigenvalue weighted by molar-refractivity contribution is -0.203. The van der Waals surface area contributed by atoms with Gasteiger partial charge in [0, 0.05) is 19.4 Å². The minimum Gasteiger partial charge on any atom is -0.390 e. The fourth-order valence-electron chi connectivity index (χ4n) is 3.95. The van der Waals surface area contributed by atoms with E-state index < -0.39 is 11.4 Å². The van der Waals surface area contributed by atoms with E-state index in [9.17, 15) is 9.90 Å². The summed E-state index contributed by atoms with van der Waals surface area (Å²) in [5.41, 5.74) is 1.80. The Hall–Kier alpha value is -1.76. The van der Waals surface area contributed by atoms with Crippen LogP contribution in [0, 0.1) is 6.92 Å². The Morgan fingerprint density at radius 1 is 1.20 bits per heavy atom. The lowest BCUT2D eigenvalue weighted by Gasteiger charge is -2.40. The summed E-state index contributed by atoms with van der Waals surface area (Å²) >= 11 is 0. The van der Waals surface area contributed by atoms with Crippen molar-refractivity contribution >= 4 is 11.0 Å². The molecule has 0 radical (unpaired) electrons. The molecule has 1 aliphatic heterocycles. The number of benzene rings is 1. The summed E-state index contributed by atoms with van der Waals surface area (Å²) in [7, 11) is 0. The van der Waals surface area contributed by atoms with E-state index in [0.29, 0.717) is 51.9 Å². The number of fused-ring (bicyclic) bond motifs is 1. The number of aryl methyl sites for hydroxylation is 2. The van der Waals surface area contributed by atoms with Gasteiger partial charge in [-0.05, 0) is 43.9 Å². The molecule has 2 heterocycles. The largest absolute Gasteiger partial charge is 0.390 e. The zero-order valence-electron chi connectivity index (χ0n) is 14.5. The zero-order chi connectivity index (χ0) is 17.5. The molecule has 1 spiro atoms. The van der Waals surface area contributed by atoms with Crippen LogP contribution in [0.2, 0.25) is 0 Å². The number of aromatic nitrogens is 2. The van der Waals surface area contributed by atoms with E-state index in [1.165, 1.54) is 6.20 Å². The van der Waals surface area contributed by atoms with Crippen LogP contribution in [0.25, 0.3) is 11.0 Å². The van der Waals surface area contributed by atoms with E-state index in [0.717, 1.165) is 16.6 Å². The third-order valence-electron chi connectivity index (χ3n) is 5.56. The smallest absolute Gasteiger partial charge is 0.269 e. The molecule has 1 aromatic carbocycles. The molecule has 1 saturated carbocycles. The molecule has 1 N–H and O–H groups in total. The molecule has 134 valence electrons. The van der Waals surface area contributed by atoms with Crippen LogP contribution in [0.15, 0.2) is 29.2 Å². The van der Waals surface area contributed by atoms with Gasteiger partial charge in [0.2, 0.25) is 0 Å². The minimum atomic E-state index is -0.778. The maximum absolute atomic E-state index is 12.3. The van der Waals surface area contributed by atoms with Gasteiger partial charge >= 0.3 is 0 Å². The second-order valence-corrected chi connectivity index (χ2v) is 7.32. The van der Waals surface area contributed by atoms with Gasteiger partial charge in [0.25, 0.3) is 5.56 Å². The monoisotopic (exact) mass is 344 g/mol. The lowest BCUT2D eigenvalue weighted by Crippen LogP contribution is -2.44. The number of rotatable bonds is 3. The van der Waals surface area contributed by atoms with Crippen LogP contribution in [-0.2, 0) is 16.0 Å². The normalized spacial score (nSPS) is 21.8. The molecular weight excluding hydrogens is 320 g/mol. The highest BCUT2D eigenvalue weighted by Crippen LogP contribution is 2.41. The van der Waals surface area contributed by atoms with Gasteiger partial charge in [-0.25, -0.2) is 4.98 Å². The quantitative estimate of drug-likeness (QED) is 0.923. The van der Waals surface area contributed by atoms with Gasteiger partial charge in [-0.1, -0.05) is 6.07 Å². The molecule has 25 heavy (non-hydrogen) atoms. The number of nitrogens with zero attached hydrogens (tertiary/aromatic N) is 2. The Labute approximate surface area is 146 Å². The third-order valence-corrected chi connectivity index (χ3v) is 5.56. The Bertz CT molecular complexity index is 829. The molecule has 1 saturated heterocycles. The summed E-state index contributed by atoms with van der Waals surface area (Å²) in [5, 5.41) is 11.0. The van der Waals surface area contributed by atoms with E-state index in [1.807, 2.05) is 25.1 Å². The van der Waals surface area contributed by atoms with E-state index in [2.05, 4.69) is 4.98 Å². The minimum absolute atomic E-state index is 0.128. The van der Waals surface area contributed by atoms with E-state index >= 15 is 0 Å². The summed E-state index contributed by atoms with van der Waals surface area (Å²) in [6, 6.07) is 5.89. The van der Waals surface area contributed by atoms with Gasteiger partial charge in [-0.3, -0.25) is 4.79 Å². The van der Waals surface area contributed by atoms with Crippen LogP contribution in [0.4, 0.5) is 0 Å². The van der Waals surface area contributed by atoms with Crippen LogP contribution in [0.5, 0.6) is 0 Å². The predicted octanol–water partition coefficient (Wildman–Crippen LogP) is 2.14. The summed E-state index contributed by atoms with van der Waals surface area (Å²) in [4.78, 5) is 16.5. The second-order valence-electron chi connectivity index (χ2n) is 7.32. The topological polar surface area (TPSA) is 73.6 Å². The van der Waals surface area contributed by atoms with Gasteiger partial charge in [0.05, 0.1) is 36.0 Å². The van der Waals surface area contributed by atoms with Crippen LogP contribution in [0.3, 0.4) is 0 Å². The van der Waals surface area contributed by atoms with Gasteiger partial charge < -0.3 is 19.1 Å². The molecule has 6 nitrogen and oxygen atoms in total. The van der Waals surface area contributed by atoms with E-state index in [4.69, 9.17) is 9.47 Å². The van der Waals surface area contributed by atoms with Crippen LogP contribution in [0.1, 0.15) is 37.7 Å². The van der Waals surface area contributed by atoms with Crippen molar-refractivity contribution in [1.29, 1.82) is 0 Å². The van der Waals surface area contributed by atoms with Gasteiger partial charge in [0.1, 0.15) is 0 Å². The third kappa shape index (κ3) is 3.21. The van der Waals surface area contributed by atoms with Crippen molar-refractivity contribution in [2.75, 3.05) is 13.2 Å². The summed E-state index contributed by atoms with van der Waals surface area (Å²) in [5.74, 6) is -0.483. The van der Waals surface area contributed by atoms with E-state index in [1.54, 1.807) is 4.57 Å².